The molecular formula is C42H29NS. The van der Waals surface area contributed by atoms with Crippen LogP contribution in [-0.2, 0) is 0 Å². The molecular weight excluding hydrogens is 551 g/mol. The molecule has 0 saturated carbocycles. The quantitative estimate of drug-likeness (QED) is 0.189. The van der Waals surface area contributed by atoms with E-state index in [1.807, 2.05) is 11.3 Å². The maximum Gasteiger partial charge on any atom is 0.0540 e. The highest BCUT2D eigenvalue weighted by atomic mass is 32.1. The van der Waals surface area contributed by atoms with Crippen LogP contribution in [0.4, 0.5) is 17.1 Å². The lowest BCUT2D eigenvalue weighted by atomic mass is 9.88. The second kappa shape index (κ2) is 11.3. The van der Waals surface area contributed by atoms with Crippen LogP contribution in [0.2, 0.25) is 0 Å². The van der Waals surface area contributed by atoms with Crippen molar-refractivity contribution >= 4 is 48.6 Å². The van der Waals surface area contributed by atoms with Crippen LogP contribution in [0.15, 0.2) is 176 Å². The number of anilines is 3. The van der Waals surface area contributed by atoms with Gasteiger partial charge >= 0.3 is 0 Å². The molecule has 0 spiro atoms. The van der Waals surface area contributed by atoms with E-state index in [0.717, 1.165) is 17.1 Å². The van der Waals surface area contributed by atoms with Crippen molar-refractivity contribution < 1.29 is 0 Å². The van der Waals surface area contributed by atoms with Gasteiger partial charge in [0.2, 0.25) is 0 Å². The maximum absolute atomic E-state index is 2.40. The van der Waals surface area contributed by atoms with Crippen LogP contribution in [0.3, 0.4) is 0 Å². The first-order valence-corrected chi connectivity index (χ1v) is 15.8. The van der Waals surface area contributed by atoms with Gasteiger partial charge in [-0.05, 0) is 64.2 Å². The molecule has 0 N–H and O–H groups in total. The number of rotatable bonds is 6. The molecule has 0 fully saturated rings. The average molecular weight is 580 g/mol. The highest BCUT2D eigenvalue weighted by Crippen LogP contribution is 2.46. The van der Waals surface area contributed by atoms with E-state index in [-0.39, 0.29) is 0 Å². The van der Waals surface area contributed by atoms with Crippen LogP contribution in [0.25, 0.3) is 53.6 Å². The largest absolute Gasteiger partial charge is 0.310 e. The molecule has 8 rings (SSSR count). The van der Waals surface area contributed by atoms with Crippen LogP contribution in [0.5, 0.6) is 0 Å². The molecule has 8 aromatic rings. The summed E-state index contributed by atoms with van der Waals surface area (Å²) in [6.07, 6.45) is 0. The number of thiophene rings is 1. The summed E-state index contributed by atoms with van der Waals surface area (Å²) in [4.78, 5) is 2.40. The van der Waals surface area contributed by atoms with E-state index in [1.54, 1.807) is 0 Å². The van der Waals surface area contributed by atoms with Crippen LogP contribution < -0.4 is 4.90 Å². The molecule has 0 bridgehead atoms. The highest BCUT2D eigenvalue weighted by Gasteiger charge is 2.20. The van der Waals surface area contributed by atoms with Crippen molar-refractivity contribution in [1.29, 1.82) is 0 Å². The van der Waals surface area contributed by atoms with E-state index < -0.39 is 0 Å². The Morgan fingerprint density at radius 2 is 0.864 bits per heavy atom. The summed E-state index contributed by atoms with van der Waals surface area (Å²) in [7, 11) is 0. The summed E-state index contributed by atoms with van der Waals surface area (Å²) in [5.41, 5.74) is 10.7. The average Bonchev–Trinajstić information content (AvgIpc) is 3.48. The Bertz CT molecular complexity index is 2230. The van der Waals surface area contributed by atoms with E-state index in [1.165, 1.54) is 53.6 Å². The first kappa shape index (κ1) is 26.2. The monoisotopic (exact) mass is 579 g/mol. The zero-order valence-electron chi connectivity index (χ0n) is 24.1. The first-order chi connectivity index (χ1) is 21.8. The van der Waals surface area contributed by atoms with Gasteiger partial charge in [-0.2, -0.15) is 0 Å². The third-order valence-corrected chi connectivity index (χ3v) is 9.43. The molecule has 7 aromatic carbocycles. The minimum Gasteiger partial charge on any atom is -0.310 e. The predicted molar refractivity (Wildman–Crippen MR) is 190 cm³/mol. The van der Waals surface area contributed by atoms with E-state index >= 15 is 0 Å². The van der Waals surface area contributed by atoms with Crippen molar-refractivity contribution in [3.05, 3.63) is 176 Å². The second-order valence-corrected chi connectivity index (χ2v) is 12.0. The van der Waals surface area contributed by atoms with Crippen LogP contribution in [-0.4, -0.2) is 0 Å². The van der Waals surface area contributed by atoms with E-state index in [2.05, 4.69) is 181 Å². The fourth-order valence-corrected chi connectivity index (χ4v) is 7.43. The molecule has 44 heavy (non-hydrogen) atoms. The second-order valence-electron chi connectivity index (χ2n) is 10.9. The van der Waals surface area contributed by atoms with Gasteiger partial charge in [0.1, 0.15) is 0 Å². The third kappa shape index (κ3) is 4.66. The number of para-hydroxylation sites is 2. The van der Waals surface area contributed by atoms with Crippen molar-refractivity contribution in [2.45, 2.75) is 0 Å². The van der Waals surface area contributed by atoms with Gasteiger partial charge in [-0.25, -0.2) is 0 Å². The summed E-state index contributed by atoms with van der Waals surface area (Å²) in [6, 6.07) is 63.3. The number of fused-ring (bicyclic) bond motifs is 3. The fourth-order valence-electron chi connectivity index (χ4n) is 6.29. The summed E-state index contributed by atoms with van der Waals surface area (Å²) >= 11 is 1.86. The van der Waals surface area contributed by atoms with Crippen LogP contribution >= 0.6 is 11.3 Å². The molecule has 2 heteroatoms. The SMILES string of the molecule is c1ccc(-c2ccccc2-c2ccccc2-c2ccccc2N(c2ccccc2)c2ccc3c(c2)sc2ccccc23)cc1. The lowest BCUT2D eigenvalue weighted by Gasteiger charge is -2.28. The summed E-state index contributed by atoms with van der Waals surface area (Å²) in [5, 5.41) is 2.62. The minimum atomic E-state index is 1.13. The topological polar surface area (TPSA) is 3.24 Å². The Labute approximate surface area is 261 Å². The molecule has 0 aliphatic heterocycles. The molecule has 0 unspecified atom stereocenters. The number of hydrogen-bond donors (Lipinski definition) is 0. The van der Waals surface area contributed by atoms with Gasteiger partial charge in [-0.1, -0.05) is 140 Å². The van der Waals surface area contributed by atoms with E-state index in [0.29, 0.717) is 0 Å². The molecule has 0 saturated heterocycles. The fraction of sp³-hybridized carbons (Fsp3) is 0. The molecule has 1 nitrogen and oxygen atoms in total. The summed E-state index contributed by atoms with van der Waals surface area (Å²) in [5.74, 6) is 0. The standard InChI is InChI=1S/C42H29NS/c1-3-15-30(16-4-1)33-19-7-8-20-34(33)35-21-9-10-22-36(35)37-23-11-13-25-40(37)43(31-17-5-2-6-18-31)32-27-28-39-38-24-12-14-26-41(38)44-42(39)29-32/h1-29H. The van der Waals surface area contributed by atoms with Gasteiger partial charge in [0.05, 0.1) is 5.69 Å². The van der Waals surface area contributed by atoms with Crippen molar-refractivity contribution in [3.8, 4) is 33.4 Å². The Kier molecular flexibility index (Phi) is 6.75. The van der Waals surface area contributed by atoms with Gasteiger partial charge in [0.15, 0.2) is 0 Å². The van der Waals surface area contributed by atoms with Gasteiger partial charge in [-0.15, -0.1) is 11.3 Å². The summed E-state index contributed by atoms with van der Waals surface area (Å²) < 4.78 is 2.61. The van der Waals surface area contributed by atoms with Crippen LogP contribution in [0.1, 0.15) is 0 Å². The van der Waals surface area contributed by atoms with Crippen molar-refractivity contribution in [3.63, 3.8) is 0 Å². The molecule has 208 valence electrons. The van der Waals surface area contributed by atoms with Crippen LogP contribution in [0, 0.1) is 0 Å². The third-order valence-electron chi connectivity index (χ3n) is 8.30. The number of benzene rings is 7. The lowest BCUT2D eigenvalue weighted by Crippen LogP contribution is -2.11. The van der Waals surface area contributed by atoms with Gasteiger partial charge in [0.25, 0.3) is 0 Å². The maximum atomic E-state index is 2.40. The number of hydrogen-bond acceptors (Lipinski definition) is 2. The summed E-state index contributed by atoms with van der Waals surface area (Å²) in [6.45, 7) is 0. The zero-order valence-corrected chi connectivity index (χ0v) is 24.9. The Hall–Kier alpha value is -5.44. The normalized spacial score (nSPS) is 11.2. The van der Waals surface area contributed by atoms with Gasteiger partial charge < -0.3 is 4.90 Å². The zero-order chi connectivity index (χ0) is 29.3. The molecule has 1 aromatic heterocycles. The van der Waals surface area contributed by atoms with Gasteiger partial charge in [0, 0.05) is 37.1 Å². The molecule has 1 heterocycles. The van der Waals surface area contributed by atoms with Crippen molar-refractivity contribution in [2.24, 2.45) is 0 Å². The Balaban J connectivity index is 1.34. The highest BCUT2D eigenvalue weighted by molar-refractivity contribution is 7.25. The molecule has 0 aliphatic rings. The first-order valence-electron chi connectivity index (χ1n) is 14.9. The van der Waals surface area contributed by atoms with Gasteiger partial charge in [-0.3, -0.25) is 0 Å². The van der Waals surface area contributed by atoms with E-state index in [9.17, 15) is 0 Å². The molecule has 0 atom stereocenters. The van der Waals surface area contributed by atoms with E-state index in [4.69, 9.17) is 0 Å². The molecule has 0 radical (unpaired) electrons. The predicted octanol–water partition coefficient (Wildman–Crippen LogP) is 12.5. The lowest BCUT2D eigenvalue weighted by molar-refractivity contribution is 1.29. The van der Waals surface area contributed by atoms with Crippen molar-refractivity contribution in [1.82, 2.24) is 0 Å². The number of nitrogens with zero attached hydrogens (tertiary/aromatic N) is 1. The Morgan fingerprint density at radius 1 is 0.341 bits per heavy atom. The minimum absolute atomic E-state index is 1.13. The van der Waals surface area contributed by atoms with Crippen molar-refractivity contribution in [2.75, 3.05) is 4.90 Å². The Morgan fingerprint density at radius 3 is 1.61 bits per heavy atom. The molecule has 0 amide bonds. The smallest absolute Gasteiger partial charge is 0.0540 e. The molecule has 0 aliphatic carbocycles.